The molecule has 1 aromatic heterocycles. The van der Waals surface area contributed by atoms with Gasteiger partial charge in [0.2, 0.25) is 5.78 Å². The van der Waals surface area contributed by atoms with Crippen molar-refractivity contribution in [2.75, 3.05) is 5.32 Å². The number of nitrogens with one attached hydrogen (secondary N) is 2. The fourth-order valence-corrected chi connectivity index (χ4v) is 3.40. The molecule has 1 heterocycles. The number of carbonyl (C=O) groups excluding carboxylic acids is 3. The minimum absolute atomic E-state index is 0.0515. The fourth-order valence-electron chi connectivity index (χ4n) is 2.49. The number of thiophene rings is 1. The molecule has 0 radical (unpaired) electrons. The number of rotatable bonds is 6. The van der Waals surface area contributed by atoms with Gasteiger partial charge >= 0.3 is 11.8 Å². The summed E-state index contributed by atoms with van der Waals surface area (Å²) in [5.74, 6) is -2.08. The number of nitrogens with zero attached hydrogens (tertiary/aromatic N) is 1. The molecule has 3 aromatic rings. The Kier molecular flexibility index (Phi) is 6.10. The minimum Gasteiger partial charge on any atom is -0.343 e. The van der Waals surface area contributed by atoms with E-state index < -0.39 is 16.7 Å². The molecule has 2 aromatic carbocycles. The summed E-state index contributed by atoms with van der Waals surface area (Å²) in [6.45, 7) is 0.0515. The van der Waals surface area contributed by atoms with Gasteiger partial charge in [-0.05, 0) is 18.2 Å². The van der Waals surface area contributed by atoms with E-state index in [1.54, 1.807) is 36.4 Å². The lowest BCUT2D eigenvalue weighted by atomic mass is 10.1. The van der Waals surface area contributed by atoms with Crippen LogP contribution in [0.1, 0.15) is 20.1 Å². The smallest absolute Gasteiger partial charge is 0.313 e. The molecular weight excluding hydrogens is 394 g/mol. The average Bonchev–Trinajstić information content (AvgIpc) is 3.21. The summed E-state index contributed by atoms with van der Waals surface area (Å²) in [5.41, 5.74) is 0.189. The van der Waals surface area contributed by atoms with Crippen LogP contribution >= 0.6 is 11.3 Å². The highest BCUT2D eigenvalue weighted by atomic mass is 32.1. The molecule has 0 unspecified atom stereocenters. The predicted octanol–water partition coefficient (Wildman–Crippen LogP) is 3.14. The van der Waals surface area contributed by atoms with Crippen LogP contribution in [0.15, 0.2) is 66.7 Å². The highest BCUT2D eigenvalue weighted by Crippen LogP contribution is 2.23. The van der Waals surface area contributed by atoms with Crippen LogP contribution in [0, 0.1) is 10.1 Å². The first kappa shape index (κ1) is 19.9. The van der Waals surface area contributed by atoms with Gasteiger partial charge in [-0.15, -0.1) is 11.3 Å². The van der Waals surface area contributed by atoms with Gasteiger partial charge in [-0.1, -0.05) is 42.5 Å². The number of carbonyl (C=O) groups is 3. The van der Waals surface area contributed by atoms with E-state index in [1.165, 1.54) is 35.6 Å². The molecule has 0 saturated carbocycles. The molecule has 0 fully saturated rings. The number of ketones is 1. The predicted molar refractivity (Wildman–Crippen MR) is 108 cm³/mol. The molecule has 0 saturated heterocycles. The third-order valence-corrected chi connectivity index (χ3v) is 4.98. The number of para-hydroxylation sites is 2. The Labute approximate surface area is 169 Å². The van der Waals surface area contributed by atoms with E-state index in [1.807, 2.05) is 6.07 Å². The van der Waals surface area contributed by atoms with Gasteiger partial charge in [-0.25, -0.2) is 0 Å². The van der Waals surface area contributed by atoms with Gasteiger partial charge in [0.1, 0.15) is 5.69 Å². The Morgan fingerprint density at radius 2 is 1.59 bits per heavy atom. The maximum atomic E-state index is 12.4. The van der Waals surface area contributed by atoms with Crippen molar-refractivity contribution in [3.63, 3.8) is 0 Å². The molecule has 146 valence electrons. The topological polar surface area (TPSA) is 118 Å². The van der Waals surface area contributed by atoms with Gasteiger partial charge in [-0.3, -0.25) is 24.5 Å². The monoisotopic (exact) mass is 409 g/mol. The molecule has 8 nitrogen and oxygen atoms in total. The quantitative estimate of drug-likeness (QED) is 0.281. The standard InChI is InChI=1S/C20H15N3O5S/c24-18(13-6-2-1-3-7-13)17-11-10-14(29-17)12-21-19(25)20(26)22-15-8-4-5-9-16(15)23(27)28/h1-11H,12H2,(H,21,25)(H,22,26). The normalized spacial score (nSPS) is 10.2. The lowest BCUT2D eigenvalue weighted by Crippen LogP contribution is -2.34. The van der Waals surface area contributed by atoms with Crippen molar-refractivity contribution in [2.45, 2.75) is 6.54 Å². The van der Waals surface area contributed by atoms with E-state index in [4.69, 9.17) is 0 Å². The summed E-state index contributed by atoms with van der Waals surface area (Å²) in [6, 6.07) is 17.7. The van der Waals surface area contributed by atoms with E-state index in [-0.39, 0.29) is 23.7 Å². The van der Waals surface area contributed by atoms with Gasteiger partial charge in [-0.2, -0.15) is 0 Å². The Morgan fingerprint density at radius 3 is 2.31 bits per heavy atom. The zero-order valence-electron chi connectivity index (χ0n) is 15.0. The second kappa shape index (κ2) is 8.89. The number of hydrogen-bond donors (Lipinski definition) is 2. The Hall–Kier alpha value is -3.85. The number of hydrogen-bond acceptors (Lipinski definition) is 6. The second-order valence-corrected chi connectivity index (χ2v) is 7.04. The third kappa shape index (κ3) is 4.90. The molecule has 2 amide bonds. The molecule has 3 rings (SSSR count). The van der Waals surface area contributed by atoms with E-state index in [9.17, 15) is 24.5 Å². The Morgan fingerprint density at radius 1 is 0.897 bits per heavy atom. The minimum atomic E-state index is -1.02. The number of nitro groups is 1. The lowest BCUT2D eigenvalue weighted by Gasteiger charge is -2.06. The van der Waals surface area contributed by atoms with E-state index in [2.05, 4.69) is 10.6 Å². The molecule has 0 aliphatic carbocycles. The van der Waals surface area contributed by atoms with Crippen molar-refractivity contribution in [2.24, 2.45) is 0 Å². The molecule has 9 heteroatoms. The first-order valence-electron chi connectivity index (χ1n) is 8.47. The molecule has 0 spiro atoms. The van der Waals surface area contributed by atoms with Crippen LogP contribution in [-0.2, 0) is 16.1 Å². The lowest BCUT2D eigenvalue weighted by molar-refractivity contribution is -0.383. The Bertz CT molecular complexity index is 1080. The summed E-state index contributed by atoms with van der Waals surface area (Å²) in [6.07, 6.45) is 0. The molecule has 0 bridgehead atoms. The second-order valence-electron chi connectivity index (χ2n) is 5.87. The van der Waals surface area contributed by atoms with E-state index in [0.717, 1.165) is 0 Å². The highest BCUT2D eigenvalue weighted by Gasteiger charge is 2.19. The maximum absolute atomic E-state index is 12.4. The van der Waals surface area contributed by atoms with Crippen molar-refractivity contribution in [3.05, 3.63) is 92.2 Å². The third-order valence-electron chi connectivity index (χ3n) is 3.90. The zero-order valence-corrected chi connectivity index (χ0v) is 15.8. The SMILES string of the molecule is O=C(NCc1ccc(C(=O)c2ccccc2)s1)C(=O)Nc1ccccc1[N+](=O)[O-]. The fraction of sp³-hybridized carbons (Fsp3) is 0.0500. The van der Waals surface area contributed by atoms with Crippen molar-refractivity contribution < 1.29 is 19.3 Å². The first-order valence-corrected chi connectivity index (χ1v) is 9.28. The molecule has 0 atom stereocenters. The molecule has 29 heavy (non-hydrogen) atoms. The van der Waals surface area contributed by atoms with Gasteiger partial charge in [0, 0.05) is 16.5 Å². The first-order chi connectivity index (χ1) is 14.0. The summed E-state index contributed by atoms with van der Waals surface area (Å²) in [4.78, 5) is 48.0. The summed E-state index contributed by atoms with van der Waals surface area (Å²) >= 11 is 1.21. The largest absolute Gasteiger partial charge is 0.343 e. The van der Waals surface area contributed by atoms with Gasteiger partial charge in [0.05, 0.1) is 16.3 Å². The molecular formula is C20H15N3O5S. The average molecular weight is 409 g/mol. The zero-order chi connectivity index (χ0) is 20.8. The molecule has 0 aliphatic heterocycles. The van der Waals surface area contributed by atoms with Crippen LogP contribution < -0.4 is 10.6 Å². The van der Waals surface area contributed by atoms with Crippen LogP contribution in [0.2, 0.25) is 0 Å². The Balaban J connectivity index is 1.59. The van der Waals surface area contributed by atoms with E-state index in [0.29, 0.717) is 15.3 Å². The van der Waals surface area contributed by atoms with Crippen molar-refractivity contribution >= 4 is 40.3 Å². The van der Waals surface area contributed by atoms with E-state index >= 15 is 0 Å². The number of benzene rings is 2. The van der Waals surface area contributed by atoms with Crippen LogP contribution in [0.3, 0.4) is 0 Å². The molecule has 2 N–H and O–H groups in total. The maximum Gasteiger partial charge on any atom is 0.313 e. The summed E-state index contributed by atoms with van der Waals surface area (Å²) < 4.78 is 0. The number of amides is 2. The van der Waals surface area contributed by atoms with Gasteiger partial charge in [0.15, 0.2) is 0 Å². The van der Waals surface area contributed by atoms with Crippen LogP contribution in [0.25, 0.3) is 0 Å². The molecule has 0 aliphatic rings. The highest BCUT2D eigenvalue weighted by molar-refractivity contribution is 7.14. The van der Waals surface area contributed by atoms with Crippen molar-refractivity contribution in [3.8, 4) is 0 Å². The summed E-state index contributed by atoms with van der Waals surface area (Å²) in [5, 5.41) is 15.6. The van der Waals surface area contributed by atoms with Crippen LogP contribution in [-0.4, -0.2) is 22.5 Å². The van der Waals surface area contributed by atoms with Crippen molar-refractivity contribution in [1.29, 1.82) is 0 Å². The van der Waals surface area contributed by atoms with Gasteiger partial charge in [0.25, 0.3) is 5.69 Å². The van der Waals surface area contributed by atoms with Crippen molar-refractivity contribution in [1.82, 2.24) is 5.32 Å². The number of anilines is 1. The van der Waals surface area contributed by atoms with Crippen LogP contribution in [0.5, 0.6) is 0 Å². The summed E-state index contributed by atoms with van der Waals surface area (Å²) in [7, 11) is 0. The number of nitro benzene ring substituents is 1. The van der Waals surface area contributed by atoms with Gasteiger partial charge < -0.3 is 10.6 Å². The van der Waals surface area contributed by atoms with Crippen LogP contribution in [0.4, 0.5) is 11.4 Å².